The summed E-state index contributed by atoms with van der Waals surface area (Å²) in [6.45, 7) is 5.11. The molecule has 200 valence electrons. The fourth-order valence-electron chi connectivity index (χ4n) is 4.18. The summed E-state index contributed by atoms with van der Waals surface area (Å²) in [5.41, 5.74) is -0.372. The molecular weight excluding hydrogens is 462 g/mol. The van der Waals surface area contributed by atoms with Crippen LogP contribution in [0.15, 0.2) is 30.3 Å². The summed E-state index contributed by atoms with van der Waals surface area (Å²) in [5, 5.41) is 11.7. The molecule has 0 unspecified atom stereocenters. The van der Waals surface area contributed by atoms with Gasteiger partial charge in [-0.1, -0.05) is 84.5 Å². The molecule has 0 radical (unpaired) electrons. The highest BCUT2D eigenvalue weighted by Gasteiger charge is 2.19. The number of carboxylic acids is 1. The lowest BCUT2D eigenvalue weighted by atomic mass is 9.98. The minimum Gasteiger partial charge on any atom is -0.545 e. The first-order chi connectivity index (χ1) is 17.5. The summed E-state index contributed by atoms with van der Waals surface area (Å²) in [4.78, 5) is 11.7. The van der Waals surface area contributed by atoms with E-state index in [9.17, 15) is 14.3 Å². The van der Waals surface area contributed by atoms with Crippen LogP contribution in [0.2, 0.25) is 0 Å². The largest absolute Gasteiger partial charge is 0.545 e. The Morgan fingerprint density at radius 3 is 1.83 bits per heavy atom. The number of aromatic carboxylic acids is 1. The number of carbonyl (C=O) groups is 1. The number of unbranched alkanes of at least 4 members (excludes halogenated alkanes) is 11. The van der Waals surface area contributed by atoms with Crippen LogP contribution < -0.4 is 14.6 Å². The number of carbonyl (C=O) groups excluding carboxylic acids is 1. The summed E-state index contributed by atoms with van der Waals surface area (Å²) in [7, 11) is 0. The van der Waals surface area contributed by atoms with E-state index in [2.05, 4.69) is 13.8 Å². The predicted octanol–water partition coefficient (Wildman–Crippen LogP) is 7.86. The molecule has 0 aliphatic heterocycles. The smallest absolute Gasteiger partial charge is 0.201 e. The van der Waals surface area contributed by atoms with Crippen molar-refractivity contribution in [2.75, 3.05) is 13.2 Å². The van der Waals surface area contributed by atoms with Crippen LogP contribution in [0.3, 0.4) is 0 Å². The second-order valence-electron chi connectivity index (χ2n) is 9.32. The lowest BCUT2D eigenvalue weighted by molar-refractivity contribution is -0.254. The molecule has 0 bridgehead atoms. The second-order valence-corrected chi connectivity index (χ2v) is 9.32. The fourth-order valence-corrected chi connectivity index (χ4v) is 4.18. The quantitative estimate of drug-likeness (QED) is 0.183. The Morgan fingerprint density at radius 1 is 0.694 bits per heavy atom. The number of hydrogen-bond acceptors (Lipinski definition) is 4. The topological polar surface area (TPSA) is 58.6 Å². The number of benzene rings is 2. The third-order valence-corrected chi connectivity index (χ3v) is 6.32. The van der Waals surface area contributed by atoms with Gasteiger partial charge in [-0.2, -0.15) is 4.39 Å². The maximum atomic E-state index is 15.0. The standard InChI is InChI=1S/C30H42F2O4/c1-3-5-7-9-11-13-14-20-35-23-16-17-25(30(33)34)26(22-23)24-18-19-27(29(32)28(24)31)36-21-15-12-10-8-6-4-2/h16-19,22H,3-15,20-21H2,1-2H3,(H,33,34)/p-1. The highest BCUT2D eigenvalue weighted by atomic mass is 19.2. The molecule has 0 aromatic heterocycles. The van der Waals surface area contributed by atoms with Crippen molar-refractivity contribution in [2.45, 2.75) is 97.3 Å². The van der Waals surface area contributed by atoms with Crippen LogP contribution in [0, 0.1) is 11.6 Å². The molecule has 0 spiro atoms. The van der Waals surface area contributed by atoms with Crippen LogP contribution in [0.25, 0.3) is 11.1 Å². The van der Waals surface area contributed by atoms with Crippen LogP contribution in [0.1, 0.15) is 108 Å². The number of hydrogen-bond donors (Lipinski definition) is 0. The zero-order chi connectivity index (χ0) is 26.2. The van der Waals surface area contributed by atoms with E-state index in [0.717, 1.165) is 44.9 Å². The Hall–Kier alpha value is -2.63. The van der Waals surface area contributed by atoms with Gasteiger partial charge in [0, 0.05) is 11.1 Å². The molecule has 2 rings (SSSR count). The van der Waals surface area contributed by atoms with Crippen molar-refractivity contribution in [2.24, 2.45) is 0 Å². The minimum atomic E-state index is -1.47. The zero-order valence-corrected chi connectivity index (χ0v) is 21.9. The first-order valence-electron chi connectivity index (χ1n) is 13.6. The van der Waals surface area contributed by atoms with E-state index in [1.54, 1.807) is 0 Å². The van der Waals surface area contributed by atoms with Gasteiger partial charge in [-0.15, -0.1) is 0 Å². The van der Waals surface area contributed by atoms with Crippen molar-refractivity contribution in [3.63, 3.8) is 0 Å². The summed E-state index contributed by atoms with van der Waals surface area (Å²) >= 11 is 0. The van der Waals surface area contributed by atoms with Crippen molar-refractivity contribution >= 4 is 5.97 Å². The summed E-state index contributed by atoms with van der Waals surface area (Å²) in [6.07, 6.45) is 14.4. The molecule has 36 heavy (non-hydrogen) atoms. The van der Waals surface area contributed by atoms with Crippen molar-refractivity contribution < 1.29 is 28.2 Å². The maximum Gasteiger partial charge on any atom is 0.201 e. The van der Waals surface area contributed by atoms with Crippen LogP contribution in [0.5, 0.6) is 11.5 Å². The molecule has 0 aliphatic carbocycles. The minimum absolute atomic E-state index is 0.0194. The van der Waals surface area contributed by atoms with Crippen LogP contribution >= 0.6 is 0 Å². The van der Waals surface area contributed by atoms with E-state index in [1.165, 1.54) is 68.9 Å². The Morgan fingerprint density at radius 2 is 1.25 bits per heavy atom. The van der Waals surface area contributed by atoms with Gasteiger partial charge in [0.05, 0.1) is 19.2 Å². The summed E-state index contributed by atoms with van der Waals surface area (Å²) in [6, 6.07) is 6.95. The van der Waals surface area contributed by atoms with E-state index in [-0.39, 0.29) is 22.4 Å². The second kappa shape index (κ2) is 16.9. The fraction of sp³-hybridized carbons (Fsp3) is 0.567. The molecule has 0 saturated carbocycles. The average molecular weight is 504 g/mol. The van der Waals surface area contributed by atoms with E-state index >= 15 is 4.39 Å². The lowest BCUT2D eigenvalue weighted by Gasteiger charge is -2.16. The lowest BCUT2D eigenvalue weighted by Crippen LogP contribution is -2.23. The number of halogens is 2. The molecule has 6 heteroatoms. The van der Waals surface area contributed by atoms with Gasteiger partial charge in [-0.05, 0) is 48.7 Å². The van der Waals surface area contributed by atoms with E-state index in [0.29, 0.717) is 19.0 Å². The third kappa shape index (κ3) is 9.79. The highest BCUT2D eigenvalue weighted by Crippen LogP contribution is 2.34. The van der Waals surface area contributed by atoms with Gasteiger partial charge in [-0.3, -0.25) is 0 Å². The predicted molar refractivity (Wildman–Crippen MR) is 138 cm³/mol. The first-order valence-corrected chi connectivity index (χ1v) is 13.6. The SMILES string of the molecule is CCCCCCCCCOc1ccc(C(=O)[O-])c(-c2ccc(OCCCCCCCC)c(F)c2F)c1. The van der Waals surface area contributed by atoms with Gasteiger partial charge < -0.3 is 19.4 Å². The molecule has 4 nitrogen and oxygen atoms in total. The molecule has 2 aromatic carbocycles. The molecular formula is C30H41F2O4-. The molecule has 0 atom stereocenters. The number of carboxylic acid groups (broad SMARTS) is 1. The molecule has 0 amide bonds. The number of ether oxygens (including phenoxy) is 2. The van der Waals surface area contributed by atoms with Crippen molar-refractivity contribution in [3.05, 3.63) is 47.5 Å². The normalized spacial score (nSPS) is 11.0. The van der Waals surface area contributed by atoms with Crippen molar-refractivity contribution in [1.82, 2.24) is 0 Å². The Kier molecular flexibility index (Phi) is 13.9. The Bertz CT molecular complexity index is 929. The van der Waals surface area contributed by atoms with Crippen molar-refractivity contribution in [1.29, 1.82) is 0 Å². The van der Waals surface area contributed by atoms with Gasteiger partial charge in [0.25, 0.3) is 0 Å². The molecule has 0 saturated heterocycles. The van der Waals surface area contributed by atoms with Gasteiger partial charge in [0.1, 0.15) is 5.75 Å². The van der Waals surface area contributed by atoms with Gasteiger partial charge >= 0.3 is 0 Å². The van der Waals surface area contributed by atoms with Gasteiger partial charge in [0.15, 0.2) is 11.6 Å². The highest BCUT2D eigenvalue weighted by molar-refractivity contribution is 5.95. The monoisotopic (exact) mass is 503 g/mol. The van der Waals surface area contributed by atoms with Crippen LogP contribution in [-0.4, -0.2) is 19.2 Å². The number of rotatable bonds is 19. The van der Waals surface area contributed by atoms with E-state index < -0.39 is 17.6 Å². The van der Waals surface area contributed by atoms with E-state index in [4.69, 9.17) is 9.47 Å². The maximum absolute atomic E-state index is 15.0. The zero-order valence-electron chi connectivity index (χ0n) is 21.9. The van der Waals surface area contributed by atoms with Gasteiger partial charge in [-0.25, -0.2) is 4.39 Å². The van der Waals surface area contributed by atoms with Crippen LogP contribution in [0.4, 0.5) is 8.78 Å². The van der Waals surface area contributed by atoms with Crippen LogP contribution in [-0.2, 0) is 0 Å². The third-order valence-electron chi connectivity index (χ3n) is 6.32. The Balaban J connectivity index is 2.01. The molecule has 0 aliphatic rings. The molecule has 2 aromatic rings. The molecule has 0 N–H and O–H groups in total. The first kappa shape index (κ1) is 29.6. The summed E-state index contributed by atoms with van der Waals surface area (Å²) < 4.78 is 41.0. The molecule has 0 fully saturated rings. The van der Waals surface area contributed by atoms with Gasteiger partial charge in [0.2, 0.25) is 5.82 Å². The summed E-state index contributed by atoms with van der Waals surface area (Å²) in [5.74, 6) is -3.51. The van der Waals surface area contributed by atoms with E-state index in [1.807, 2.05) is 0 Å². The van der Waals surface area contributed by atoms with Crippen molar-refractivity contribution in [3.8, 4) is 22.6 Å². The average Bonchev–Trinajstić information content (AvgIpc) is 2.87. The molecule has 0 heterocycles. The Labute approximate surface area is 215 Å².